The summed E-state index contributed by atoms with van der Waals surface area (Å²) in [6, 6.07) is 0. The maximum Gasteiger partial charge on any atom is 0.105 e. The first kappa shape index (κ1) is 9.59. The molecule has 1 saturated heterocycles. The summed E-state index contributed by atoms with van der Waals surface area (Å²) in [4.78, 5) is 0. The van der Waals surface area contributed by atoms with Gasteiger partial charge in [-0.25, -0.2) is 0 Å². The predicted octanol–water partition coefficient (Wildman–Crippen LogP) is 2.35. The van der Waals surface area contributed by atoms with E-state index < -0.39 is 0 Å². The van der Waals surface area contributed by atoms with E-state index in [4.69, 9.17) is 9.47 Å². The SMILES string of the molecule is C=COC(C)C1(CCC)COC1. The minimum atomic E-state index is 0.240. The van der Waals surface area contributed by atoms with E-state index in [9.17, 15) is 0 Å². The Morgan fingerprint density at radius 2 is 2.33 bits per heavy atom. The molecular weight excluding hydrogens is 152 g/mol. The number of ether oxygens (including phenoxy) is 2. The molecule has 2 heteroatoms. The summed E-state index contributed by atoms with van der Waals surface area (Å²) in [6.45, 7) is 9.55. The summed E-state index contributed by atoms with van der Waals surface area (Å²) >= 11 is 0. The summed E-state index contributed by atoms with van der Waals surface area (Å²) in [5.41, 5.74) is 0.267. The molecule has 2 nitrogen and oxygen atoms in total. The van der Waals surface area contributed by atoms with E-state index in [0.29, 0.717) is 0 Å². The molecule has 0 N–H and O–H groups in total. The van der Waals surface area contributed by atoms with Gasteiger partial charge >= 0.3 is 0 Å². The average molecular weight is 170 g/mol. The average Bonchev–Trinajstić information content (AvgIpc) is 1.97. The van der Waals surface area contributed by atoms with Crippen LogP contribution in [0.1, 0.15) is 26.7 Å². The van der Waals surface area contributed by atoms with Crippen LogP contribution in [-0.4, -0.2) is 19.3 Å². The normalized spacial score (nSPS) is 22.5. The zero-order valence-electron chi connectivity index (χ0n) is 8.01. The summed E-state index contributed by atoms with van der Waals surface area (Å²) in [7, 11) is 0. The van der Waals surface area contributed by atoms with Gasteiger partial charge in [0.1, 0.15) is 6.10 Å². The van der Waals surface area contributed by atoms with E-state index in [1.165, 1.54) is 19.1 Å². The number of hydrogen-bond donors (Lipinski definition) is 0. The molecular formula is C10H18O2. The molecule has 70 valence electrons. The van der Waals surface area contributed by atoms with Crippen molar-refractivity contribution in [2.45, 2.75) is 32.8 Å². The minimum Gasteiger partial charge on any atom is -0.498 e. The van der Waals surface area contributed by atoms with Crippen molar-refractivity contribution < 1.29 is 9.47 Å². The molecule has 0 spiro atoms. The van der Waals surface area contributed by atoms with Gasteiger partial charge in [0.05, 0.1) is 24.9 Å². The molecule has 0 bridgehead atoms. The fourth-order valence-corrected chi connectivity index (χ4v) is 1.73. The highest BCUT2D eigenvalue weighted by molar-refractivity contribution is 4.91. The lowest BCUT2D eigenvalue weighted by Gasteiger charge is -2.45. The van der Waals surface area contributed by atoms with Crippen LogP contribution in [-0.2, 0) is 9.47 Å². The van der Waals surface area contributed by atoms with Crippen LogP contribution in [0, 0.1) is 5.41 Å². The van der Waals surface area contributed by atoms with Crippen LogP contribution in [0.5, 0.6) is 0 Å². The highest BCUT2D eigenvalue weighted by Gasteiger charge is 2.43. The Kier molecular flexibility index (Phi) is 3.15. The summed E-state index contributed by atoms with van der Waals surface area (Å²) in [6.07, 6.45) is 4.14. The van der Waals surface area contributed by atoms with Crippen molar-refractivity contribution in [1.29, 1.82) is 0 Å². The molecule has 1 atom stereocenters. The van der Waals surface area contributed by atoms with Gasteiger partial charge in [0, 0.05) is 0 Å². The topological polar surface area (TPSA) is 18.5 Å². The summed E-state index contributed by atoms with van der Waals surface area (Å²) in [5, 5.41) is 0. The van der Waals surface area contributed by atoms with Gasteiger partial charge in [0.2, 0.25) is 0 Å². The van der Waals surface area contributed by atoms with E-state index >= 15 is 0 Å². The second kappa shape index (κ2) is 3.94. The van der Waals surface area contributed by atoms with Crippen LogP contribution in [0.3, 0.4) is 0 Å². The quantitative estimate of drug-likeness (QED) is 0.590. The molecule has 0 aromatic heterocycles. The second-order valence-corrected chi connectivity index (χ2v) is 3.55. The Bertz CT molecular complexity index is 150. The van der Waals surface area contributed by atoms with Crippen molar-refractivity contribution in [1.82, 2.24) is 0 Å². The van der Waals surface area contributed by atoms with Gasteiger partial charge in [0.15, 0.2) is 0 Å². The molecule has 1 aliphatic rings. The van der Waals surface area contributed by atoms with Gasteiger partial charge in [-0.1, -0.05) is 19.9 Å². The number of rotatable bonds is 5. The lowest BCUT2D eigenvalue weighted by atomic mass is 9.77. The Hall–Kier alpha value is -0.500. The molecule has 12 heavy (non-hydrogen) atoms. The van der Waals surface area contributed by atoms with E-state index in [0.717, 1.165) is 13.2 Å². The predicted molar refractivity (Wildman–Crippen MR) is 48.9 cm³/mol. The van der Waals surface area contributed by atoms with Gasteiger partial charge in [-0.3, -0.25) is 0 Å². The van der Waals surface area contributed by atoms with Crippen LogP contribution in [0.25, 0.3) is 0 Å². The van der Waals surface area contributed by atoms with Gasteiger partial charge < -0.3 is 9.47 Å². The molecule has 0 aromatic rings. The lowest BCUT2D eigenvalue weighted by molar-refractivity contribution is -0.172. The zero-order chi connectivity index (χ0) is 9.03. The van der Waals surface area contributed by atoms with Crippen LogP contribution >= 0.6 is 0 Å². The van der Waals surface area contributed by atoms with Crippen LogP contribution in [0.2, 0.25) is 0 Å². The molecule has 0 aromatic carbocycles. The Morgan fingerprint density at radius 1 is 1.67 bits per heavy atom. The molecule has 1 unspecified atom stereocenters. The molecule has 1 rings (SSSR count). The minimum absolute atomic E-state index is 0.240. The van der Waals surface area contributed by atoms with E-state index in [2.05, 4.69) is 20.4 Å². The molecule has 0 radical (unpaired) electrons. The fraction of sp³-hybridized carbons (Fsp3) is 0.800. The molecule has 0 saturated carbocycles. The van der Waals surface area contributed by atoms with Crippen molar-refractivity contribution >= 4 is 0 Å². The zero-order valence-corrected chi connectivity index (χ0v) is 8.01. The molecule has 0 amide bonds. The summed E-state index contributed by atoms with van der Waals surface area (Å²) in [5.74, 6) is 0. The Labute approximate surface area is 74.6 Å². The van der Waals surface area contributed by atoms with Gasteiger partial charge in [-0.05, 0) is 13.3 Å². The third-order valence-corrected chi connectivity index (χ3v) is 2.69. The first-order chi connectivity index (χ1) is 5.75. The van der Waals surface area contributed by atoms with Gasteiger partial charge in [-0.15, -0.1) is 0 Å². The van der Waals surface area contributed by atoms with Crippen molar-refractivity contribution in [3.05, 3.63) is 12.8 Å². The third kappa shape index (κ3) is 1.63. The van der Waals surface area contributed by atoms with E-state index in [1.807, 2.05) is 0 Å². The summed E-state index contributed by atoms with van der Waals surface area (Å²) < 4.78 is 10.6. The largest absolute Gasteiger partial charge is 0.498 e. The van der Waals surface area contributed by atoms with Crippen molar-refractivity contribution in [3.63, 3.8) is 0 Å². The van der Waals surface area contributed by atoms with Gasteiger partial charge in [-0.2, -0.15) is 0 Å². The molecule has 1 heterocycles. The molecule has 1 aliphatic heterocycles. The number of hydrogen-bond acceptors (Lipinski definition) is 2. The highest BCUT2D eigenvalue weighted by Crippen LogP contribution is 2.37. The van der Waals surface area contributed by atoms with Gasteiger partial charge in [0.25, 0.3) is 0 Å². The maximum atomic E-state index is 5.39. The maximum absolute atomic E-state index is 5.39. The first-order valence-electron chi connectivity index (χ1n) is 4.59. The molecule has 0 aliphatic carbocycles. The molecule has 1 fully saturated rings. The van der Waals surface area contributed by atoms with E-state index in [1.54, 1.807) is 0 Å². The van der Waals surface area contributed by atoms with Crippen molar-refractivity contribution in [2.24, 2.45) is 5.41 Å². The van der Waals surface area contributed by atoms with Crippen LogP contribution < -0.4 is 0 Å². The first-order valence-corrected chi connectivity index (χ1v) is 4.59. The van der Waals surface area contributed by atoms with Crippen molar-refractivity contribution in [2.75, 3.05) is 13.2 Å². The van der Waals surface area contributed by atoms with E-state index in [-0.39, 0.29) is 11.5 Å². The smallest absolute Gasteiger partial charge is 0.105 e. The second-order valence-electron chi connectivity index (χ2n) is 3.55. The fourth-order valence-electron chi connectivity index (χ4n) is 1.73. The van der Waals surface area contributed by atoms with Crippen LogP contribution in [0.15, 0.2) is 12.8 Å². The Balaban J connectivity index is 2.46. The lowest BCUT2D eigenvalue weighted by Crippen LogP contribution is -2.50. The van der Waals surface area contributed by atoms with Crippen LogP contribution in [0.4, 0.5) is 0 Å². The third-order valence-electron chi connectivity index (χ3n) is 2.69. The Morgan fingerprint density at radius 3 is 2.67 bits per heavy atom. The highest BCUT2D eigenvalue weighted by atomic mass is 16.5. The monoisotopic (exact) mass is 170 g/mol. The van der Waals surface area contributed by atoms with Crippen molar-refractivity contribution in [3.8, 4) is 0 Å². The standard InChI is InChI=1S/C10H18O2/c1-4-6-10(7-11-8-10)9(3)12-5-2/h5,9H,2,4,6-8H2,1,3H3.